The fraction of sp³-hybridized carbons (Fsp3) is 1.00. The number of rotatable bonds is 3. The van der Waals surface area contributed by atoms with Gasteiger partial charge in [-0.2, -0.15) is 13.1 Å². The van der Waals surface area contributed by atoms with Crippen LogP contribution in [0.4, 0.5) is 17.6 Å². The Morgan fingerprint density at radius 3 is 2.07 bits per heavy atom. The Kier molecular flexibility index (Phi) is 3.56. The molecule has 1 aliphatic heterocycles. The molecule has 0 bridgehead atoms. The van der Waals surface area contributed by atoms with Crippen LogP contribution in [0.3, 0.4) is 0 Å². The molecule has 1 aliphatic rings. The third-order valence-corrected chi connectivity index (χ3v) is 3.82. The van der Waals surface area contributed by atoms with Gasteiger partial charge >= 0.3 is 11.7 Å². The molecule has 0 atom stereocenters. The van der Waals surface area contributed by atoms with Crippen molar-refractivity contribution in [3.63, 3.8) is 0 Å². The van der Waals surface area contributed by atoms with Gasteiger partial charge in [0.2, 0.25) is 0 Å². The summed E-state index contributed by atoms with van der Waals surface area (Å²) in [4.78, 5) is 0. The van der Waals surface area contributed by atoms with Crippen molar-refractivity contribution in [3.8, 4) is 0 Å². The van der Waals surface area contributed by atoms with E-state index in [0.29, 0.717) is 4.31 Å². The normalized spacial score (nSPS) is 20.9. The van der Waals surface area contributed by atoms with E-state index in [0.717, 1.165) is 0 Å². The average molecular weight is 251 g/mol. The van der Waals surface area contributed by atoms with E-state index in [1.54, 1.807) is 0 Å². The first kappa shape index (κ1) is 12.7. The predicted octanol–water partition coefficient (Wildman–Crippen LogP) is 0.506. The van der Waals surface area contributed by atoms with Crippen LogP contribution in [0.5, 0.6) is 0 Å². The molecule has 0 aliphatic carbocycles. The monoisotopic (exact) mass is 251 g/mol. The molecule has 0 unspecified atom stereocenters. The molecule has 90 valence electrons. The van der Waals surface area contributed by atoms with E-state index in [2.05, 4.69) is 0 Å². The minimum absolute atomic E-state index is 0.0709. The van der Waals surface area contributed by atoms with Crippen LogP contribution >= 0.6 is 0 Å². The summed E-state index contributed by atoms with van der Waals surface area (Å²) in [6.07, 6.45) is -4.23. The largest absolute Gasteiger partial charge is 0.418 e. The van der Waals surface area contributed by atoms with E-state index in [1.807, 2.05) is 0 Å². The number of hydrogen-bond donors (Lipinski definition) is 0. The Morgan fingerprint density at radius 1 is 1.20 bits per heavy atom. The average Bonchev–Trinajstić information content (AvgIpc) is 2.18. The minimum atomic E-state index is -5.29. The first-order valence-electron chi connectivity index (χ1n) is 4.03. The van der Waals surface area contributed by atoms with Crippen molar-refractivity contribution >= 4 is 10.0 Å². The standard InChI is InChI=1S/C6H9F4NO3S/c7-5(8)6(9,10)15(12,13)11-1-3-14-4-2-11/h5H,1-4H2. The second-order valence-corrected chi connectivity index (χ2v) is 4.89. The van der Waals surface area contributed by atoms with E-state index in [1.165, 1.54) is 0 Å². The molecule has 0 aromatic rings. The number of alkyl halides is 4. The Morgan fingerprint density at radius 2 is 1.67 bits per heavy atom. The number of halogens is 4. The molecule has 0 aromatic carbocycles. The van der Waals surface area contributed by atoms with E-state index >= 15 is 0 Å². The van der Waals surface area contributed by atoms with Gasteiger partial charge in [0, 0.05) is 13.1 Å². The molecule has 0 spiro atoms. The third kappa shape index (κ3) is 2.23. The second-order valence-electron chi connectivity index (χ2n) is 2.88. The molecule has 0 radical (unpaired) electrons. The van der Waals surface area contributed by atoms with Crippen molar-refractivity contribution in [3.05, 3.63) is 0 Å². The van der Waals surface area contributed by atoms with Crippen molar-refractivity contribution in [1.29, 1.82) is 0 Å². The van der Waals surface area contributed by atoms with Crippen molar-refractivity contribution in [2.24, 2.45) is 0 Å². The molecule has 0 aromatic heterocycles. The van der Waals surface area contributed by atoms with Crippen LogP contribution < -0.4 is 0 Å². The molecular weight excluding hydrogens is 242 g/mol. The summed E-state index contributed by atoms with van der Waals surface area (Å²) in [5.74, 6) is 0. The van der Waals surface area contributed by atoms with E-state index in [4.69, 9.17) is 4.74 Å². The summed E-state index contributed by atoms with van der Waals surface area (Å²) < 4.78 is 76.4. The van der Waals surface area contributed by atoms with Crippen LogP contribution in [0.1, 0.15) is 0 Å². The highest BCUT2D eigenvalue weighted by Crippen LogP contribution is 2.32. The quantitative estimate of drug-likeness (QED) is 0.686. The SMILES string of the molecule is O=S(=O)(N1CCOCC1)C(F)(F)C(F)F. The summed E-state index contributed by atoms with van der Waals surface area (Å²) >= 11 is 0. The molecule has 4 nitrogen and oxygen atoms in total. The van der Waals surface area contributed by atoms with Gasteiger partial charge in [-0.05, 0) is 0 Å². The zero-order valence-corrected chi connectivity index (χ0v) is 8.31. The van der Waals surface area contributed by atoms with Gasteiger partial charge in [0.15, 0.2) is 0 Å². The Bertz CT molecular complexity index is 312. The highest BCUT2D eigenvalue weighted by Gasteiger charge is 2.56. The molecule has 0 N–H and O–H groups in total. The summed E-state index contributed by atoms with van der Waals surface area (Å²) in [5, 5.41) is -5.04. The molecular formula is C6H9F4NO3S. The second kappa shape index (κ2) is 4.22. The van der Waals surface area contributed by atoms with E-state index in [-0.39, 0.29) is 26.3 Å². The smallest absolute Gasteiger partial charge is 0.379 e. The van der Waals surface area contributed by atoms with E-state index in [9.17, 15) is 26.0 Å². The Balaban J connectivity index is 2.90. The Labute approximate surface area is 83.9 Å². The minimum Gasteiger partial charge on any atom is -0.379 e. The van der Waals surface area contributed by atoms with Gasteiger partial charge in [-0.25, -0.2) is 17.2 Å². The number of ether oxygens (including phenoxy) is 1. The maximum absolute atomic E-state index is 12.7. The van der Waals surface area contributed by atoms with Gasteiger partial charge in [0.25, 0.3) is 10.0 Å². The van der Waals surface area contributed by atoms with Crippen LogP contribution in [-0.2, 0) is 14.8 Å². The number of nitrogens with zero attached hydrogens (tertiary/aromatic N) is 1. The Hall–Kier alpha value is -0.410. The molecule has 15 heavy (non-hydrogen) atoms. The number of morpholine rings is 1. The highest BCUT2D eigenvalue weighted by atomic mass is 32.2. The highest BCUT2D eigenvalue weighted by molar-refractivity contribution is 7.90. The van der Waals surface area contributed by atoms with Gasteiger partial charge in [0.05, 0.1) is 13.2 Å². The predicted molar refractivity (Wildman–Crippen MR) is 42.3 cm³/mol. The summed E-state index contributed by atoms with van der Waals surface area (Å²) in [6, 6.07) is 0. The lowest BCUT2D eigenvalue weighted by Crippen LogP contribution is -2.50. The lowest BCUT2D eigenvalue weighted by atomic mass is 10.5. The van der Waals surface area contributed by atoms with Crippen LogP contribution in [0, 0.1) is 0 Å². The first-order chi connectivity index (χ1) is 6.80. The molecule has 1 fully saturated rings. The summed E-state index contributed by atoms with van der Waals surface area (Å²) in [7, 11) is -5.29. The first-order valence-corrected chi connectivity index (χ1v) is 5.47. The van der Waals surface area contributed by atoms with Crippen LogP contribution in [0.2, 0.25) is 0 Å². The topological polar surface area (TPSA) is 46.6 Å². The van der Waals surface area contributed by atoms with Crippen molar-refractivity contribution in [2.45, 2.75) is 11.7 Å². The maximum Gasteiger partial charge on any atom is 0.418 e. The zero-order chi connectivity index (χ0) is 11.7. The fourth-order valence-electron chi connectivity index (χ4n) is 1.07. The number of sulfonamides is 1. The van der Waals surface area contributed by atoms with Gasteiger partial charge in [-0.3, -0.25) is 0 Å². The maximum atomic E-state index is 12.7. The lowest BCUT2D eigenvalue weighted by Gasteiger charge is -2.29. The molecule has 1 saturated heterocycles. The van der Waals surface area contributed by atoms with E-state index < -0.39 is 21.7 Å². The van der Waals surface area contributed by atoms with Gasteiger partial charge in [-0.1, -0.05) is 0 Å². The molecule has 0 saturated carbocycles. The van der Waals surface area contributed by atoms with Gasteiger partial charge in [-0.15, -0.1) is 0 Å². The summed E-state index contributed by atoms with van der Waals surface area (Å²) in [5.41, 5.74) is 0. The van der Waals surface area contributed by atoms with Crippen molar-refractivity contribution in [1.82, 2.24) is 4.31 Å². The third-order valence-electron chi connectivity index (χ3n) is 1.91. The number of hydrogen-bond acceptors (Lipinski definition) is 3. The molecule has 0 amide bonds. The zero-order valence-electron chi connectivity index (χ0n) is 7.50. The van der Waals surface area contributed by atoms with Crippen LogP contribution in [0.15, 0.2) is 0 Å². The van der Waals surface area contributed by atoms with Crippen molar-refractivity contribution in [2.75, 3.05) is 26.3 Å². The van der Waals surface area contributed by atoms with Crippen LogP contribution in [0.25, 0.3) is 0 Å². The molecule has 1 heterocycles. The lowest BCUT2D eigenvalue weighted by molar-refractivity contribution is -0.0690. The fourth-order valence-corrected chi connectivity index (χ4v) is 2.27. The van der Waals surface area contributed by atoms with Crippen molar-refractivity contribution < 1.29 is 30.7 Å². The van der Waals surface area contributed by atoms with Gasteiger partial charge in [0.1, 0.15) is 0 Å². The molecule has 9 heteroatoms. The summed E-state index contributed by atoms with van der Waals surface area (Å²) in [6.45, 7) is -0.799. The molecule has 1 rings (SSSR count). The van der Waals surface area contributed by atoms with Crippen LogP contribution in [-0.4, -0.2) is 50.7 Å². The van der Waals surface area contributed by atoms with Gasteiger partial charge < -0.3 is 4.74 Å².